The molecule has 0 aromatic carbocycles. The lowest BCUT2D eigenvalue weighted by atomic mass is 9.98. The van der Waals surface area contributed by atoms with E-state index in [9.17, 15) is 4.79 Å². The van der Waals surface area contributed by atoms with Gasteiger partial charge in [0.2, 0.25) is 0 Å². The first kappa shape index (κ1) is 13.8. The fourth-order valence-corrected chi connectivity index (χ4v) is 3.31. The molecule has 2 N–H and O–H groups in total. The molecule has 18 heavy (non-hydrogen) atoms. The third-order valence-electron chi connectivity index (χ3n) is 3.16. The number of amides is 1. The molecule has 0 saturated carbocycles. The lowest BCUT2D eigenvalue weighted by Crippen LogP contribution is -2.52. The molecule has 0 bridgehead atoms. The molecule has 1 unspecified atom stereocenters. The number of ether oxygens (including phenoxy) is 1. The minimum Gasteiger partial charge on any atom is -0.383 e. The fraction of sp³-hybridized carbons (Fsp3) is 0.583. The zero-order valence-electron chi connectivity index (χ0n) is 10.3. The van der Waals surface area contributed by atoms with Crippen LogP contribution in [0.2, 0.25) is 5.02 Å². The predicted molar refractivity (Wildman–Crippen MR) is 73.5 cm³/mol. The van der Waals surface area contributed by atoms with Gasteiger partial charge in [-0.05, 0) is 30.8 Å². The number of carbonyl (C=O) groups is 1. The highest BCUT2D eigenvalue weighted by Gasteiger charge is 2.34. The van der Waals surface area contributed by atoms with E-state index in [1.807, 2.05) is 5.38 Å². The molecule has 2 rings (SSSR count). The van der Waals surface area contributed by atoms with Gasteiger partial charge in [-0.1, -0.05) is 11.6 Å². The van der Waals surface area contributed by atoms with Gasteiger partial charge in [0.15, 0.2) is 0 Å². The minimum absolute atomic E-state index is 0.112. The van der Waals surface area contributed by atoms with Crippen molar-refractivity contribution in [2.75, 3.05) is 26.8 Å². The van der Waals surface area contributed by atoms with Crippen molar-refractivity contribution in [3.8, 4) is 0 Å². The molecule has 6 heteroatoms. The highest BCUT2D eigenvalue weighted by Crippen LogP contribution is 2.23. The van der Waals surface area contributed by atoms with E-state index in [0.717, 1.165) is 19.4 Å². The Morgan fingerprint density at radius 3 is 3.11 bits per heavy atom. The van der Waals surface area contributed by atoms with Crippen LogP contribution in [0.4, 0.5) is 0 Å². The molecular formula is C12H17ClN2O2S. The number of carbonyl (C=O) groups excluding carboxylic acids is 1. The summed E-state index contributed by atoms with van der Waals surface area (Å²) in [5, 5.41) is 8.68. The van der Waals surface area contributed by atoms with Gasteiger partial charge in [0, 0.05) is 13.7 Å². The standard InChI is InChI=1S/C12H17ClN2O2S/c1-17-8-12(4-2-5-15-12)7-14-11(16)10-9(13)3-6-18-10/h3,6,15H,2,4-5,7-8H2,1H3,(H,14,16). The van der Waals surface area contributed by atoms with Crippen molar-refractivity contribution in [1.82, 2.24) is 10.6 Å². The third-order valence-corrected chi connectivity index (χ3v) is 4.50. The molecule has 1 aliphatic rings. The Labute approximate surface area is 116 Å². The van der Waals surface area contributed by atoms with Crippen LogP contribution in [0.15, 0.2) is 11.4 Å². The Morgan fingerprint density at radius 1 is 1.72 bits per heavy atom. The molecule has 1 aliphatic heterocycles. The topological polar surface area (TPSA) is 50.4 Å². The average Bonchev–Trinajstić information content (AvgIpc) is 2.97. The molecule has 4 nitrogen and oxygen atoms in total. The summed E-state index contributed by atoms with van der Waals surface area (Å²) >= 11 is 7.29. The highest BCUT2D eigenvalue weighted by molar-refractivity contribution is 7.12. The lowest BCUT2D eigenvalue weighted by molar-refractivity contribution is 0.0896. The van der Waals surface area contributed by atoms with E-state index in [4.69, 9.17) is 16.3 Å². The summed E-state index contributed by atoms with van der Waals surface area (Å²) in [7, 11) is 1.68. The van der Waals surface area contributed by atoms with Gasteiger partial charge in [-0.3, -0.25) is 4.79 Å². The number of methoxy groups -OCH3 is 1. The van der Waals surface area contributed by atoms with E-state index < -0.39 is 0 Å². The van der Waals surface area contributed by atoms with Crippen molar-refractivity contribution in [3.05, 3.63) is 21.3 Å². The second-order valence-corrected chi connectivity index (χ2v) is 5.85. The minimum atomic E-state index is -0.131. The van der Waals surface area contributed by atoms with Crippen LogP contribution >= 0.6 is 22.9 Å². The van der Waals surface area contributed by atoms with Crippen LogP contribution in [0.5, 0.6) is 0 Å². The molecule has 1 saturated heterocycles. The van der Waals surface area contributed by atoms with Crippen LogP contribution in [0.25, 0.3) is 0 Å². The van der Waals surface area contributed by atoms with Crippen molar-refractivity contribution in [3.63, 3.8) is 0 Å². The van der Waals surface area contributed by atoms with Crippen molar-refractivity contribution < 1.29 is 9.53 Å². The van der Waals surface area contributed by atoms with Crippen LogP contribution in [-0.2, 0) is 4.74 Å². The quantitative estimate of drug-likeness (QED) is 0.870. The van der Waals surface area contributed by atoms with Gasteiger partial charge in [-0.15, -0.1) is 11.3 Å². The van der Waals surface area contributed by atoms with E-state index in [0.29, 0.717) is 23.1 Å². The Balaban J connectivity index is 1.94. The molecule has 2 heterocycles. The maximum absolute atomic E-state index is 12.0. The molecule has 1 aromatic heterocycles. The van der Waals surface area contributed by atoms with Crippen LogP contribution in [0.1, 0.15) is 22.5 Å². The molecule has 1 amide bonds. The Morgan fingerprint density at radius 2 is 2.56 bits per heavy atom. The zero-order chi connectivity index (χ0) is 13.0. The third kappa shape index (κ3) is 3.03. The maximum Gasteiger partial charge on any atom is 0.262 e. The van der Waals surface area contributed by atoms with Gasteiger partial charge in [0.1, 0.15) is 4.88 Å². The van der Waals surface area contributed by atoms with E-state index in [2.05, 4.69) is 10.6 Å². The van der Waals surface area contributed by atoms with Gasteiger partial charge in [-0.2, -0.15) is 0 Å². The molecule has 1 atom stereocenters. The maximum atomic E-state index is 12.0. The average molecular weight is 289 g/mol. The van der Waals surface area contributed by atoms with Gasteiger partial charge in [0.25, 0.3) is 5.91 Å². The van der Waals surface area contributed by atoms with Crippen molar-refractivity contribution in [2.24, 2.45) is 0 Å². The van der Waals surface area contributed by atoms with Crippen LogP contribution < -0.4 is 10.6 Å². The summed E-state index contributed by atoms with van der Waals surface area (Å²) in [4.78, 5) is 12.5. The first-order chi connectivity index (χ1) is 8.67. The summed E-state index contributed by atoms with van der Waals surface area (Å²) in [5.41, 5.74) is -0.131. The normalized spacial score (nSPS) is 23.2. The summed E-state index contributed by atoms with van der Waals surface area (Å²) in [5.74, 6) is -0.112. The summed E-state index contributed by atoms with van der Waals surface area (Å²) < 4.78 is 5.24. The summed E-state index contributed by atoms with van der Waals surface area (Å²) in [6.45, 7) is 2.14. The van der Waals surface area contributed by atoms with E-state index in [-0.39, 0.29) is 11.4 Å². The number of hydrogen-bond acceptors (Lipinski definition) is 4. The molecule has 0 radical (unpaired) electrons. The highest BCUT2D eigenvalue weighted by atomic mass is 35.5. The number of thiophene rings is 1. The molecular weight excluding hydrogens is 272 g/mol. The summed E-state index contributed by atoms with van der Waals surface area (Å²) in [6.07, 6.45) is 2.12. The van der Waals surface area contributed by atoms with E-state index in [1.54, 1.807) is 13.2 Å². The number of halogens is 1. The van der Waals surface area contributed by atoms with E-state index in [1.165, 1.54) is 11.3 Å². The van der Waals surface area contributed by atoms with Crippen molar-refractivity contribution in [2.45, 2.75) is 18.4 Å². The number of rotatable bonds is 5. The van der Waals surface area contributed by atoms with Gasteiger partial charge < -0.3 is 15.4 Å². The van der Waals surface area contributed by atoms with Gasteiger partial charge >= 0.3 is 0 Å². The largest absolute Gasteiger partial charge is 0.383 e. The Bertz CT molecular complexity index is 416. The first-order valence-corrected chi connectivity index (χ1v) is 7.18. The Hall–Kier alpha value is -0.620. The Kier molecular flexibility index (Phi) is 4.61. The second kappa shape index (κ2) is 6.02. The van der Waals surface area contributed by atoms with Crippen LogP contribution in [-0.4, -0.2) is 38.3 Å². The number of hydrogen-bond donors (Lipinski definition) is 2. The fourth-order valence-electron chi connectivity index (χ4n) is 2.26. The number of nitrogens with one attached hydrogen (secondary N) is 2. The monoisotopic (exact) mass is 288 g/mol. The lowest BCUT2D eigenvalue weighted by Gasteiger charge is -2.28. The second-order valence-electron chi connectivity index (χ2n) is 4.52. The molecule has 1 fully saturated rings. The molecule has 100 valence electrons. The van der Waals surface area contributed by atoms with Crippen LogP contribution in [0.3, 0.4) is 0 Å². The van der Waals surface area contributed by atoms with Crippen molar-refractivity contribution in [1.29, 1.82) is 0 Å². The molecule has 0 aliphatic carbocycles. The molecule has 0 spiro atoms. The first-order valence-electron chi connectivity index (χ1n) is 5.92. The summed E-state index contributed by atoms with van der Waals surface area (Å²) in [6, 6.07) is 1.74. The van der Waals surface area contributed by atoms with Gasteiger partial charge in [-0.25, -0.2) is 0 Å². The van der Waals surface area contributed by atoms with Crippen LogP contribution in [0, 0.1) is 0 Å². The van der Waals surface area contributed by atoms with Gasteiger partial charge in [0.05, 0.1) is 17.2 Å². The molecule has 1 aromatic rings. The van der Waals surface area contributed by atoms with Crippen molar-refractivity contribution >= 4 is 28.8 Å². The van der Waals surface area contributed by atoms with E-state index >= 15 is 0 Å². The SMILES string of the molecule is COCC1(CNC(=O)c2sccc2Cl)CCCN1. The predicted octanol–water partition coefficient (Wildman–Crippen LogP) is 1.90. The smallest absolute Gasteiger partial charge is 0.262 e. The zero-order valence-corrected chi connectivity index (χ0v) is 11.9.